The third-order valence-corrected chi connectivity index (χ3v) is 4.79. The molecule has 6 nitrogen and oxygen atoms in total. The van der Waals surface area contributed by atoms with Crippen molar-refractivity contribution in [2.45, 2.75) is 52.2 Å². The summed E-state index contributed by atoms with van der Waals surface area (Å²) in [6.45, 7) is 5.48. The van der Waals surface area contributed by atoms with Gasteiger partial charge >= 0.3 is 6.09 Å². The Bertz CT molecular complexity index is 783. The SMILES string of the molecule is CC(C)n1ncc2c1C(=O)CCCN(C(=O)OCc1ccccc1)CCC2. The van der Waals surface area contributed by atoms with Gasteiger partial charge in [-0.15, -0.1) is 0 Å². The van der Waals surface area contributed by atoms with E-state index in [1.54, 1.807) is 11.1 Å². The van der Waals surface area contributed by atoms with Crippen LogP contribution in [0.2, 0.25) is 0 Å². The molecule has 0 bridgehead atoms. The molecule has 1 aromatic heterocycles. The van der Waals surface area contributed by atoms with Gasteiger partial charge in [-0.2, -0.15) is 5.10 Å². The summed E-state index contributed by atoms with van der Waals surface area (Å²) in [5.74, 6) is 0.107. The third-order valence-electron chi connectivity index (χ3n) is 4.79. The zero-order valence-corrected chi connectivity index (χ0v) is 16.1. The number of ether oxygens (including phenoxy) is 1. The summed E-state index contributed by atoms with van der Waals surface area (Å²) >= 11 is 0. The van der Waals surface area contributed by atoms with Crippen molar-refractivity contribution >= 4 is 11.9 Å². The van der Waals surface area contributed by atoms with Gasteiger partial charge in [0.1, 0.15) is 12.3 Å². The van der Waals surface area contributed by atoms with Crippen molar-refractivity contribution in [2.75, 3.05) is 13.1 Å². The maximum atomic E-state index is 12.7. The molecule has 3 rings (SSSR count). The second-order valence-corrected chi connectivity index (χ2v) is 7.21. The van der Waals surface area contributed by atoms with Crippen LogP contribution in [0.5, 0.6) is 0 Å². The number of carbonyl (C=O) groups is 2. The average Bonchev–Trinajstić information content (AvgIpc) is 3.10. The van der Waals surface area contributed by atoms with E-state index in [1.165, 1.54) is 0 Å². The number of rotatable bonds is 3. The summed E-state index contributed by atoms with van der Waals surface area (Å²) in [7, 11) is 0. The van der Waals surface area contributed by atoms with Crippen molar-refractivity contribution in [1.29, 1.82) is 0 Å². The van der Waals surface area contributed by atoms with E-state index >= 15 is 0 Å². The number of carbonyl (C=O) groups excluding carboxylic acids is 2. The highest BCUT2D eigenvalue weighted by Crippen LogP contribution is 2.20. The fourth-order valence-electron chi connectivity index (χ4n) is 3.39. The van der Waals surface area contributed by atoms with Crippen LogP contribution in [0.15, 0.2) is 36.5 Å². The Hall–Kier alpha value is -2.63. The van der Waals surface area contributed by atoms with Gasteiger partial charge in [0.2, 0.25) is 0 Å². The summed E-state index contributed by atoms with van der Waals surface area (Å²) in [6.07, 6.45) is 4.04. The van der Waals surface area contributed by atoms with Crippen LogP contribution in [-0.4, -0.2) is 39.6 Å². The highest BCUT2D eigenvalue weighted by atomic mass is 16.6. The molecule has 0 spiro atoms. The van der Waals surface area contributed by atoms with Crippen LogP contribution < -0.4 is 0 Å². The van der Waals surface area contributed by atoms with Crippen molar-refractivity contribution in [3.05, 3.63) is 53.3 Å². The van der Waals surface area contributed by atoms with Gasteiger partial charge in [-0.05, 0) is 38.7 Å². The summed E-state index contributed by atoms with van der Waals surface area (Å²) in [6, 6.07) is 9.81. The lowest BCUT2D eigenvalue weighted by Gasteiger charge is -2.23. The molecule has 0 aliphatic carbocycles. The standard InChI is InChI=1S/C21H27N3O3/c1-16(2)24-20-18(14-22-24)10-6-12-23(13-7-11-19(20)25)21(26)27-15-17-8-4-3-5-9-17/h3-5,8-9,14,16H,6-7,10-13,15H2,1-2H3. The van der Waals surface area contributed by atoms with Gasteiger partial charge in [0.25, 0.3) is 0 Å². The lowest BCUT2D eigenvalue weighted by molar-refractivity contribution is 0.0893. The van der Waals surface area contributed by atoms with Crippen molar-refractivity contribution in [1.82, 2.24) is 14.7 Å². The second kappa shape index (κ2) is 8.84. The molecule has 1 aliphatic rings. The van der Waals surface area contributed by atoms with Crippen LogP contribution in [0.4, 0.5) is 4.79 Å². The molecule has 1 amide bonds. The number of amides is 1. The van der Waals surface area contributed by atoms with E-state index in [4.69, 9.17) is 4.74 Å². The molecule has 0 radical (unpaired) electrons. The first kappa shape index (κ1) is 19.1. The molecule has 144 valence electrons. The Labute approximate surface area is 160 Å². The van der Waals surface area contributed by atoms with Gasteiger partial charge in [-0.3, -0.25) is 9.48 Å². The predicted octanol–water partition coefficient (Wildman–Crippen LogP) is 4.01. The fraction of sp³-hybridized carbons (Fsp3) is 0.476. The molecule has 2 heterocycles. The highest BCUT2D eigenvalue weighted by molar-refractivity contribution is 5.96. The Morgan fingerprint density at radius 1 is 1.15 bits per heavy atom. The van der Waals surface area contributed by atoms with Gasteiger partial charge in [0.05, 0.1) is 6.20 Å². The maximum Gasteiger partial charge on any atom is 0.410 e. The number of fused-ring (bicyclic) bond motifs is 1. The minimum absolute atomic E-state index is 0.107. The molecule has 0 fully saturated rings. The van der Waals surface area contributed by atoms with E-state index in [2.05, 4.69) is 5.10 Å². The number of nitrogens with zero attached hydrogens (tertiary/aromatic N) is 3. The van der Waals surface area contributed by atoms with Crippen LogP contribution >= 0.6 is 0 Å². The normalized spacial score (nSPS) is 15.5. The average molecular weight is 369 g/mol. The number of ketones is 1. The van der Waals surface area contributed by atoms with Gasteiger partial charge in [0.15, 0.2) is 5.78 Å². The van der Waals surface area contributed by atoms with Crippen LogP contribution in [-0.2, 0) is 17.8 Å². The molecular weight excluding hydrogens is 342 g/mol. The Balaban J connectivity index is 1.63. The first-order chi connectivity index (χ1) is 13.1. The summed E-state index contributed by atoms with van der Waals surface area (Å²) in [5.41, 5.74) is 2.69. The van der Waals surface area contributed by atoms with E-state index in [9.17, 15) is 9.59 Å². The second-order valence-electron chi connectivity index (χ2n) is 7.21. The zero-order chi connectivity index (χ0) is 19.2. The first-order valence-corrected chi connectivity index (χ1v) is 9.61. The Kier molecular flexibility index (Phi) is 6.27. The number of benzene rings is 1. The lowest BCUT2D eigenvalue weighted by Crippen LogP contribution is -2.34. The maximum absolute atomic E-state index is 12.7. The molecular formula is C21H27N3O3. The molecule has 0 unspecified atom stereocenters. The fourth-order valence-corrected chi connectivity index (χ4v) is 3.39. The smallest absolute Gasteiger partial charge is 0.410 e. The molecule has 0 N–H and O–H groups in total. The van der Waals surface area contributed by atoms with E-state index in [0.717, 1.165) is 29.7 Å². The summed E-state index contributed by atoms with van der Waals surface area (Å²) in [5, 5.41) is 4.40. The van der Waals surface area contributed by atoms with E-state index < -0.39 is 0 Å². The van der Waals surface area contributed by atoms with Crippen LogP contribution in [0.3, 0.4) is 0 Å². The molecule has 6 heteroatoms. The lowest BCUT2D eigenvalue weighted by atomic mass is 10.0. The molecule has 1 aliphatic heterocycles. The zero-order valence-electron chi connectivity index (χ0n) is 16.1. The first-order valence-electron chi connectivity index (χ1n) is 9.61. The Morgan fingerprint density at radius 2 is 1.85 bits per heavy atom. The number of aryl methyl sites for hydroxylation is 1. The highest BCUT2D eigenvalue weighted by Gasteiger charge is 2.23. The van der Waals surface area contributed by atoms with Crippen LogP contribution in [0.1, 0.15) is 60.8 Å². The molecule has 2 aromatic rings. The monoisotopic (exact) mass is 369 g/mol. The topological polar surface area (TPSA) is 64.4 Å². The third kappa shape index (κ3) is 4.76. The van der Waals surface area contributed by atoms with E-state index in [0.29, 0.717) is 25.9 Å². The minimum Gasteiger partial charge on any atom is -0.445 e. The van der Waals surface area contributed by atoms with Gasteiger partial charge in [-0.1, -0.05) is 30.3 Å². The van der Waals surface area contributed by atoms with Crippen LogP contribution in [0, 0.1) is 0 Å². The molecule has 27 heavy (non-hydrogen) atoms. The largest absolute Gasteiger partial charge is 0.445 e. The molecule has 0 atom stereocenters. The molecule has 1 aromatic carbocycles. The van der Waals surface area contributed by atoms with Gasteiger partial charge in [-0.25, -0.2) is 4.79 Å². The number of Topliss-reactive ketones (excluding diaryl/α,β-unsaturated/α-hetero) is 1. The number of aromatic nitrogens is 2. The minimum atomic E-state index is -0.315. The van der Waals surface area contributed by atoms with Crippen molar-refractivity contribution in [2.24, 2.45) is 0 Å². The number of hydrogen-bond donors (Lipinski definition) is 0. The number of hydrogen-bond acceptors (Lipinski definition) is 4. The summed E-state index contributed by atoms with van der Waals surface area (Å²) < 4.78 is 7.28. The van der Waals surface area contributed by atoms with Gasteiger partial charge < -0.3 is 9.64 Å². The van der Waals surface area contributed by atoms with Gasteiger partial charge in [0, 0.05) is 31.1 Å². The quantitative estimate of drug-likeness (QED) is 0.820. The molecule has 0 saturated carbocycles. The Morgan fingerprint density at radius 3 is 2.56 bits per heavy atom. The van der Waals surface area contributed by atoms with Crippen molar-refractivity contribution < 1.29 is 14.3 Å². The van der Waals surface area contributed by atoms with Crippen molar-refractivity contribution in [3.8, 4) is 0 Å². The summed E-state index contributed by atoms with van der Waals surface area (Å²) in [4.78, 5) is 26.9. The molecule has 0 saturated heterocycles. The van der Waals surface area contributed by atoms with E-state index in [1.807, 2.05) is 48.9 Å². The van der Waals surface area contributed by atoms with Crippen molar-refractivity contribution in [3.63, 3.8) is 0 Å². The predicted molar refractivity (Wildman–Crippen MR) is 103 cm³/mol. The van der Waals surface area contributed by atoms with Crippen LogP contribution in [0.25, 0.3) is 0 Å². The van der Waals surface area contributed by atoms with E-state index in [-0.39, 0.29) is 24.5 Å².